The molecule has 1 aliphatic heterocycles. The van der Waals surface area contributed by atoms with Gasteiger partial charge in [0.2, 0.25) is 0 Å². The maximum Gasteiger partial charge on any atom is 0.155 e. The molecule has 84 valence electrons. The van der Waals surface area contributed by atoms with E-state index in [2.05, 4.69) is 16.1 Å². The van der Waals surface area contributed by atoms with E-state index >= 15 is 0 Å². The fraction of sp³-hybridized carbons (Fsp3) is 0.417. The highest BCUT2D eigenvalue weighted by atomic mass is 35.5. The monoisotopic (exact) mass is 235 g/mol. The molecule has 0 aromatic carbocycles. The van der Waals surface area contributed by atoms with Crippen LogP contribution in [-0.2, 0) is 6.54 Å². The average molecular weight is 236 g/mol. The molecule has 0 saturated carbocycles. The quantitative estimate of drug-likeness (QED) is 0.798. The van der Waals surface area contributed by atoms with E-state index in [4.69, 9.17) is 11.6 Å². The highest BCUT2D eigenvalue weighted by molar-refractivity contribution is 6.33. The molecule has 3 heterocycles. The Labute approximate surface area is 99.7 Å². The third-order valence-corrected chi connectivity index (χ3v) is 3.36. The van der Waals surface area contributed by atoms with Gasteiger partial charge in [0, 0.05) is 18.9 Å². The molecule has 4 heteroatoms. The Bertz CT molecular complexity index is 500. The maximum absolute atomic E-state index is 6.09. The van der Waals surface area contributed by atoms with Crippen LogP contribution in [0.2, 0.25) is 5.02 Å². The van der Waals surface area contributed by atoms with Gasteiger partial charge in [-0.3, -0.25) is 4.90 Å². The molecule has 0 atom stereocenters. The fourth-order valence-electron chi connectivity index (χ4n) is 2.28. The normalized spacial score (nSPS) is 17.3. The lowest BCUT2D eigenvalue weighted by Crippen LogP contribution is -2.18. The molecule has 3 rings (SSSR count). The molecule has 1 saturated heterocycles. The van der Waals surface area contributed by atoms with Crippen LogP contribution in [0.5, 0.6) is 0 Å². The van der Waals surface area contributed by atoms with Gasteiger partial charge in [-0.15, -0.1) is 0 Å². The van der Waals surface area contributed by atoms with Crippen LogP contribution in [0.3, 0.4) is 0 Å². The summed E-state index contributed by atoms with van der Waals surface area (Å²) in [5.41, 5.74) is 1.97. The van der Waals surface area contributed by atoms with Crippen LogP contribution in [-0.4, -0.2) is 27.4 Å². The fourth-order valence-corrected chi connectivity index (χ4v) is 2.49. The lowest BCUT2D eigenvalue weighted by molar-refractivity contribution is 0.328. The lowest BCUT2D eigenvalue weighted by atomic mass is 10.4. The first kappa shape index (κ1) is 10.1. The molecular weight excluding hydrogens is 222 g/mol. The summed E-state index contributed by atoms with van der Waals surface area (Å²) in [5, 5.41) is 0.718. The summed E-state index contributed by atoms with van der Waals surface area (Å²) >= 11 is 6.09. The number of halogens is 1. The van der Waals surface area contributed by atoms with Crippen molar-refractivity contribution in [2.45, 2.75) is 19.4 Å². The van der Waals surface area contributed by atoms with Gasteiger partial charge in [-0.1, -0.05) is 11.6 Å². The van der Waals surface area contributed by atoms with Crippen LogP contribution >= 0.6 is 11.6 Å². The van der Waals surface area contributed by atoms with E-state index in [-0.39, 0.29) is 0 Å². The van der Waals surface area contributed by atoms with Crippen molar-refractivity contribution in [3.63, 3.8) is 0 Å². The minimum absolute atomic E-state index is 0.718. The third-order valence-electron chi connectivity index (χ3n) is 3.07. The van der Waals surface area contributed by atoms with E-state index in [0.29, 0.717) is 0 Å². The van der Waals surface area contributed by atoms with Gasteiger partial charge in [0.05, 0.1) is 10.7 Å². The van der Waals surface area contributed by atoms with Crippen LogP contribution in [0.1, 0.15) is 18.5 Å². The van der Waals surface area contributed by atoms with Crippen LogP contribution in [0.25, 0.3) is 5.65 Å². The maximum atomic E-state index is 6.09. The molecule has 0 radical (unpaired) electrons. The van der Waals surface area contributed by atoms with E-state index in [1.807, 2.05) is 22.7 Å². The lowest BCUT2D eigenvalue weighted by Gasteiger charge is -2.11. The van der Waals surface area contributed by atoms with Gasteiger partial charge < -0.3 is 4.40 Å². The number of nitrogens with zero attached hydrogens (tertiary/aromatic N) is 3. The predicted octanol–water partition coefficient (Wildman–Crippen LogP) is 2.58. The zero-order valence-electron chi connectivity index (χ0n) is 9.06. The van der Waals surface area contributed by atoms with Crippen LogP contribution < -0.4 is 0 Å². The number of likely N-dealkylation sites (tertiary alicyclic amines) is 1. The first-order valence-electron chi connectivity index (χ1n) is 5.67. The van der Waals surface area contributed by atoms with Gasteiger partial charge in [-0.05, 0) is 38.1 Å². The average Bonchev–Trinajstić information content (AvgIpc) is 2.88. The van der Waals surface area contributed by atoms with E-state index in [0.717, 1.165) is 22.9 Å². The second kappa shape index (κ2) is 4.07. The molecule has 0 unspecified atom stereocenters. The zero-order chi connectivity index (χ0) is 11.0. The molecule has 0 amide bonds. The molecule has 2 aromatic rings. The molecule has 16 heavy (non-hydrogen) atoms. The second-order valence-electron chi connectivity index (χ2n) is 4.30. The molecule has 1 aliphatic rings. The van der Waals surface area contributed by atoms with Crippen molar-refractivity contribution in [1.29, 1.82) is 0 Å². The summed E-state index contributed by atoms with van der Waals surface area (Å²) in [5.74, 6) is 0. The standard InChI is InChI=1S/C12H14ClN3/c13-11-4-3-7-16-9-10(14-12(11)16)8-15-5-1-2-6-15/h3-4,7,9H,1-2,5-6,8H2. The van der Waals surface area contributed by atoms with E-state index < -0.39 is 0 Å². The number of fused-ring (bicyclic) bond motifs is 1. The number of aromatic nitrogens is 2. The Morgan fingerprint density at radius 1 is 1.31 bits per heavy atom. The molecule has 0 spiro atoms. The molecule has 0 N–H and O–H groups in total. The van der Waals surface area contributed by atoms with Gasteiger partial charge in [0.25, 0.3) is 0 Å². The topological polar surface area (TPSA) is 20.5 Å². The van der Waals surface area contributed by atoms with E-state index in [1.54, 1.807) is 0 Å². The van der Waals surface area contributed by atoms with Gasteiger partial charge in [0.15, 0.2) is 5.65 Å². The first-order chi connectivity index (χ1) is 7.83. The Morgan fingerprint density at radius 2 is 2.12 bits per heavy atom. The summed E-state index contributed by atoms with van der Waals surface area (Å²) < 4.78 is 1.99. The SMILES string of the molecule is Clc1cccn2cc(CN3CCCC3)nc12. The molecule has 2 aromatic heterocycles. The number of pyridine rings is 1. The second-order valence-corrected chi connectivity index (χ2v) is 4.71. The van der Waals surface area contributed by atoms with Crippen LogP contribution in [0.4, 0.5) is 0 Å². The number of hydrogen-bond donors (Lipinski definition) is 0. The Kier molecular flexibility index (Phi) is 2.58. The predicted molar refractivity (Wildman–Crippen MR) is 64.7 cm³/mol. The summed E-state index contributed by atoms with van der Waals surface area (Å²) in [6.45, 7) is 3.33. The minimum Gasteiger partial charge on any atom is -0.306 e. The number of hydrogen-bond acceptors (Lipinski definition) is 2. The first-order valence-corrected chi connectivity index (χ1v) is 6.05. The zero-order valence-corrected chi connectivity index (χ0v) is 9.82. The molecule has 0 bridgehead atoms. The molecular formula is C12H14ClN3. The summed E-state index contributed by atoms with van der Waals surface area (Å²) in [6.07, 6.45) is 6.68. The van der Waals surface area contributed by atoms with E-state index in [9.17, 15) is 0 Å². The minimum atomic E-state index is 0.718. The Morgan fingerprint density at radius 3 is 2.88 bits per heavy atom. The Hall–Kier alpha value is -1.06. The summed E-state index contributed by atoms with van der Waals surface area (Å²) in [7, 11) is 0. The highest BCUT2D eigenvalue weighted by Crippen LogP contribution is 2.18. The van der Waals surface area contributed by atoms with Crippen molar-refractivity contribution < 1.29 is 0 Å². The molecule has 1 fully saturated rings. The molecule has 3 nitrogen and oxygen atoms in total. The van der Waals surface area contributed by atoms with Gasteiger partial charge >= 0.3 is 0 Å². The number of imidazole rings is 1. The van der Waals surface area contributed by atoms with E-state index in [1.165, 1.54) is 25.9 Å². The number of rotatable bonds is 2. The summed E-state index contributed by atoms with van der Waals surface area (Å²) in [6, 6.07) is 3.82. The van der Waals surface area contributed by atoms with Gasteiger partial charge in [-0.25, -0.2) is 4.98 Å². The van der Waals surface area contributed by atoms with Crippen molar-refractivity contribution in [2.24, 2.45) is 0 Å². The Balaban J connectivity index is 1.90. The van der Waals surface area contributed by atoms with Crippen LogP contribution in [0, 0.1) is 0 Å². The van der Waals surface area contributed by atoms with Crippen molar-refractivity contribution in [1.82, 2.24) is 14.3 Å². The largest absolute Gasteiger partial charge is 0.306 e. The van der Waals surface area contributed by atoms with Crippen molar-refractivity contribution in [3.05, 3.63) is 35.2 Å². The van der Waals surface area contributed by atoms with Crippen molar-refractivity contribution in [2.75, 3.05) is 13.1 Å². The summed E-state index contributed by atoms with van der Waals surface area (Å²) in [4.78, 5) is 7.01. The van der Waals surface area contributed by atoms with Crippen molar-refractivity contribution in [3.8, 4) is 0 Å². The van der Waals surface area contributed by atoms with Gasteiger partial charge in [0.1, 0.15) is 0 Å². The van der Waals surface area contributed by atoms with Crippen LogP contribution in [0.15, 0.2) is 24.5 Å². The van der Waals surface area contributed by atoms with Gasteiger partial charge in [-0.2, -0.15) is 0 Å². The third kappa shape index (κ3) is 1.81. The van der Waals surface area contributed by atoms with Crippen molar-refractivity contribution >= 4 is 17.2 Å². The smallest absolute Gasteiger partial charge is 0.155 e. The molecule has 0 aliphatic carbocycles. The highest BCUT2D eigenvalue weighted by Gasteiger charge is 2.13.